The molecule has 1 atom stereocenters. The maximum atomic E-state index is 14.1. The Labute approximate surface area is 240 Å². The van der Waals surface area contributed by atoms with Gasteiger partial charge in [0.1, 0.15) is 5.56 Å². The number of terminal acetylenes is 1. The molecule has 2 aliphatic carbocycles. The van der Waals surface area contributed by atoms with Gasteiger partial charge in [0, 0.05) is 36.1 Å². The van der Waals surface area contributed by atoms with E-state index in [0.717, 1.165) is 29.4 Å². The third kappa shape index (κ3) is 4.22. The molecule has 42 heavy (non-hydrogen) atoms. The Balaban J connectivity index is 1.34. The molecule has 0 bridgehead atoms. The van der Waals surface area contributed by atoms with Crippen molar-refractivity contribution in [2.75, 3.05) is 4.72 Å². The fraction of sp³-hybridized carbons (Fsp3) is 0.200. The van der Waals surface area contributed by atoms with E-state index in [-0.39, 0.29) is 28.6 Å². The first-order chi connectivity index (χ1) is 20.3. The van der Waals surface area contributed by atoms with Crippen molar-refractivity contribution in [3.63, 3.8) is 0 Å². The van der Waals surface area contributed by atoms with Crippen LogP contribution >= 0.6 is 0 Å². The molecule has 12 heteroatoms. The summed E-state index contributed by atoms with van der Waals surface area (Å²) in [6.45, 7) is 1.79. The molecule has 7 rings (SSSR count). The van der Waals surface area contributed by atoms with Crippen molar-refractivity contribution in [2.24, 2.45) is 0 Å². The van der Waals surface area contributed by atoms with E-state index in [1.54, 1.807) is 29.8 Å². The minimum atomic E-state index is -3.98. The predicted molar refractivity (Wildman–Crippen MR) is 158 cm³/mol. The zero-order valence-corrected chi connectivity index (χ0v) is 23.3. The molecule has 2 aromatic carbocycles. The van der Waals surface area contributed by atoms with Crippen molar-refractivity contribution in [3.05, 3.63) is 99.2 Å². The lowest BCUT2D eigenvalue weighted by molar-refractivity contribution is 0.0941. The summed E-state index contributed by atoms with van der Waals surface area (Å²) in [5.41, 5.74) is 3.57. The molecule has 3 heterocycles. The minimum absolute atomic E-state index is 0.0352. The van der Waals surface area contributed by atoms with Gasteiger partial charge in [-0.3, -0.25) is 18.9 Å². The summed E-state index contributed by atoms with van der Waals surface area (Å²) >= 11 is 0. The van der Waals surface area contributed by atoms with Crippen LogP contribution < -0.4 is 20.3 Å². The van der Waals surface area contributed by atoms with E-state index in [0.29, 0.717) is 28.8 Å². The molecule has 1 amide bonds. The topological polar surface area (TPSA) is 139 Å². The molecule has 0 aliphatic heterocycles. The molecular weight excluding hydrogens is 554 g/mol. The van der Waals surface area contributed by atoms with E-state index >= 15 is 0 Å². The summed E-state index contributed by atoms with van der Waals surface area (Å²) in [5.74, 6) is 1.89. The van der Waals surface area contributed by atoms with Crippen LogP contribution in [0.25, 0.3) is 22.1 Å². The van der Waals surface area contributed by atoms with Crippen molar-refractivity contribution in [2.45, 2.75) is 38.3 Å². The summed E-state index contributed by atoms with van der Waals surface area (Å²) in [5, 5.41) is 8.56. The van der Waals surface area contributed by atoms with Gasteiger partial charge in [-0.05, 0) is 60.5 Å². The third-order valence-electron chi connectivity index (χ3n) is 7.61. The molecular formula is C30H25N7O4S. The summed E-state index contributed by atoms with van der Waals surface area (Å²) in [4.78, 5) is 32.2. The standard InChI is InChI=1S/C30H25N7O4S/c1-3-18-10-11-19-16-22-23(19)24(18)30(39)37(21-8-5-4-6-9-21)26(22)17(2)32-29(38)25-27(33-36-15-7-14-31-28(25)36)35-42(40,41)34-20-12-13-20/h1,4-11,14-15,17,20,34H,12-13,16H2,2H3,(H,32,38)(H,33,35)/t17-/m1/s1. The van der Waals surface area contributed by atoms with Crippen LogP contribution in [-0.2, 0) is 16.6 Å². The second kappa shape index (κ2) is 9.54. The van der Waals surface area contributed by atoms with Crippen molar-refractivity contribution in [3.8, 4) is 18.0 Å². The summed E-state index contributed by atoms with van der Waals surface area (Å²) in [7, 11) is -3.98. The van der Waals surface area contributed by atoms with Gasteiger partial charge in [-0.1, -0.05) is 30.2 Å². The number of anilines is 1. The lowest BCUT2D eigenvalue weighted by Gasteiger charge is -2.30. The van der Waals surface area contributed by atoms with Gasteiger partial charge >= 0.3 is 10.2 Å². The van der Waals surface area contributed by atoms with Crippen LogP contribution in [0.4, 0.5) is 5.82 Å². The first-order valence-electron chi connectivity index (χ1n) is 13.5. The summed E-state index contributed by atoms with van der Waals surface area (Å²) < 4.78 is 33.4. The van der Waals surface area contributed by atoms with Gasteiger partial charge in [-0.25, -0.2) is 9.50 Å². The number of benzene rings is 2. The van der Waals surface area contributed by atoms with E-state index in [9.17, 15) is 18.0 Å². The van der Waals surface area contributed by atoms with E-state index < -0.39 is 22.2 Å². The average Bonchev–Trinajstić information content (AvgIpc) is 3.68. The van der Waals surface area contributed by atoms with Crippen LogP contribution in [0.1, 0.15) is 58.5 Å². The number of hydrogen-bond acceptors (Lipinski definition) is 6. The first-order valence-corrected chi connectivity index (χ1v) is 14.9. The number of para-hydroxylation sites is 1. The van der Waals surface area contributed by atoms with Gasteiger partial charge in [-0.2, -0.15) is 13.1 Å². The Hall–Kier alpha value is -4.99. The SMILES string of the molecule is C#Cc1ccc2c3c(c([C@@H](C)NC(=O)c4c(NS(=O)(=O)NC5CC5)nn5cccnc45)n(-c4ccccc4)c(=O)c13)C2. The monoisotopic (exact) mass is 579 g/mol. The third-order valence-corrected chi connectivity index (χ3v) is 8.71. The number of rotatable bonds is 8. The lowest BCUT2D eigenvalue weighted by atomic mass is 9.81. The number of pyridine rings is 1. The fourth-order valence-electron chi connectivity index (χ4n) is 5.60. The van der Waals surface area contributed by atoms with Gasteiger partial charge in [0.25, 0.3) is 11.5 Å². The highest BCUT2D eigenvalue weighted by Crippen LogP contribution is 2.39. The van der Waals surface area contributed by atoms with Gasteiger partial charge in [0.15, 0.2) is 11.5 Å². The second-order valence-electron chi connectivity index (χ2n) is 10.5. The Morgan fingerprint density at radius 2 is 1.90 bits per heavy atom. The minimum Gasteiger partial charge on any atom is -0.344 e. The van der Waals surface area contributed by atoms with Crippen molar-refractivity contribution in [1.82, 2.24) is 29.2 Å². The molecule has 0 saturated heterocycles. The van der Waals surface area contributed by atoms with Crippen molar-refractivity contribution >= 4 is 38.4 Å². The van der Waals surface area contributed by atoms with Crippen LogP contribution in [0.15, 0.2) is 65.7 Å². The number of carbonyl (C=O) groups is 1. The quantitative estimate of drug-likeness (QED) is 0.237. The Morgan fingerprint density at radius 1 is 1.12 bits per heavy atom. The Kier molecular flexibility index (Phi) is 5.89. The largest absolute Gasteiger partial charge is 0.344 e. The first kappa shape index (κ1) is 25.9. The van der Waals surface area contributed by atoms with E-state index in [4.69, 9.17) is 6.42 Å². The van der Waals surface area contributed by atoms with E-state index in [1.165, 1.54) is 10.7 Å². The molecule has 210 valence electrons. The van der Waals surface area contributed by atoms with Crippen LogP contribution in [0.3, 0.4) is 0 Å². The molecule has 3 N–H and O–H groups in total. The number of fused-ring (bicyclic) bond motifs is 1. The zero-order chi connectivity index (χ0) is 29.2. The molecule has 11 nitrogen and oxygen atoms in total. The lowest BCUT2D eigenvalue weighted by Crippen LogP contribution is -2.36. The molecule has 1 saturated carbocycles. The van der Waals surface area contributed by atoms with Crippen LogP contribution in [0, 0.1) is 12.3 Å². The number of carbonyl (C=O) groups excluding carboxylic acids is 1. The highest BCUT2D eigenvalue weighted by Gasteiger charge is 2.33. The maximum Gasteiger partial charge on any atom is 0.300 e. The predicted octanol–water partition coefficient (Wildman–Crippen LogP) is 2.82. The van der Waals surface area contributed by atoms with Gasteiger partial charge < -0.3 is 5.32 Å². The normalized spacial score (nSPS) is 14.8. The highest BCUT2D eigenvalue weighted by molar-refractivity contribution is 7.90. The molecule has 0 unspecified atom stereocenters. The average molecular weight is 580 g/mol. The van der Waals surface area contributed by atoms with Gasteiger partial charge in [0.05, 0.1) is 17.1 Å². The number of nitrogens with zero attached hydrogens (tertiary/aromatic N) is 4. The summed E-state index contributed by atoms with van der Waals surface area (Å²) in [6, 6.07) is 13.7. The Bertz CT molecular complexity index is 2140. The van der Waals surface area contributed by atoms with Crippen LogP contribution in [-0.4, -0.2) is 39.5 Å². The molecule has 5 aromatic rings. The van der Waals surface area contributed by atoms with Crippen LogP contribution in [0.5, 0.6) is 0 Å². The molecule has 1 fully saturated rings. The van der Waals surface area contributed by atoms with E-state index in [2.05, 4.69) is 30.8 Å². The van der Waals surface area contributed by atoms with Crippen molar-refractivity contribution in [1.29, 1.82) is 0 Å². The molecule has 3 aromatic heterocycles. The maximum absolute atomic E-state index is 14.1. The van der Waals surface area contributed by atoms with Crippen molar-refractivity contribution < 1.29 is 13.2 Å². The molecule has 0 spiro atoms. The fourth-order valence-corrected chi connectivity index (χ4v) is 6.73. The Morgan fingerprint density at radius 3 is 2.64 bits per heavy atom. The van der Waals surface area contributed by atoms with E-state index in [1.807, 2.05) is 36.4 Å². The number of hydrogen-bond donors (Lipinski definition) is 3. The molecule has 2 aliphatic rings. The zero-order valence-electron chi connectivity index (χ0n) is 22.5. The number of amides is 1. The summed E-state index contributed by atoms with van der Waals surface area (Å²) in [6.07, 6.45) is 11.0. The smallest absolute Gasteiger partial charge is 0.300 e. The van der Waals surface area contributed by atoms with Crippen LogP contribution in [0.2, 0.25) is 0 Å². The number of aromatic nitrogens is 4. The van der Waals surface area contributed by atoms with Gasteiger partial charge in [-0.15, -0.1) is 11.5 Å². The molecule has 0 radical (unpaired) electrons. The highest BCUT2D eigenvalue weighted by atomic mass is 32.2. The second-order valence-corrected chi connectivity index (χ2v) is 11.9. The van der Waals surface area contributed by atoms with Gasteiger partial charge in [0.2, 0.25) is 0 Å². The number of nitrogens with one attached hydrogen (secondary N) is 3.